The maximum absolute atomic E-state index is 12.7. The summed E-state index contributed by atoms with van der Waals surface area (Å²) in [5.74, 6) is 0.962. The first kappa shape index (κ1) is 17.5. The Kier molecular flexibility index (Phi) is 5.08. The molecule has 6 nitrogen and oxygen atoms in total. The summed E-state index contributed by atoms with van der Waals surface area (Å²) in [5.41, 5.74) is 2.86. The topological polar surface area (TPSA) is 50.6 Å². The summed E-state index contributed by atoms with van der Waals surface area (Å²) >= 11 is 0. The van der Waals surface area contributed by atoms with Crippen molar-refractivity contribution in [2.75, 3.05) is 33.3 Å². The lowest BCUT2D eigenvalue weighted by Crippen LogP contribution is -2.49. The van der Waals surface area contributed by atoms with E-state index in [1.807, 2.05) is 31.0 Å². The fourth-order valence-electron chi connectivity index (χ4n) is 3.30. The summed E-state index contributed by atoms with van der Waals surface area (Å²) in [6.45, 7) is 7.34. The van der Waals surface area contributed by atoms with Gasteiger partial charge in [0, 0.05) is 45.0 Å². The molecule has 1 saturated heterocycles. The van der Waals surface area contributed by atoms with E-state index in [1.54, 1.807) is 18.0 Å². The first-order valence-electron chi connectivity index (χ1n) is 8.67. The molecule has 2 heterocycles. The van der Waals surface area contributed by atoms with Crippen molar-refractivity contribution in [3.05, 3.63) is 47.3 Å². The molecule has 25 heavy (non-hydrogen) atoms. The van der Waals surface area contributed by atoms with Crippen LogP contribution in [0.5, 0.6) is 5.75 Å². The molecule has 0 N–H and O–H groups in total. The van der Waals surface area contributed by atoms with Crippen LogP contribution in [-0.4, -0.2) is 58.8 Å². The van der Waals surface area contributed by atoms with Crippen molar-refractivity contribution < 1.29 is 9.53 Å². The molecule has 1 aromatic carbocycles. The van der Waals surface area contributed by atoms with E-state index in [-0.39, 0.29) is 5.91 Å². The molecule has 1 fully saturated rings. The maximum Gasteiger partial charge on any atom is 0.257 e. The first-order chi connectivity index (χ1) is 12.0. The standard InChI is InChI=1S/C19H26N4O2/c1-14(16-6-5-7-17(12-16)25-4)22-8-10-23(11-9-22)19(24)18-13-20-21(3)15(18)2/h5-7,12-14H,8-11H2,1-4H3. The van der Waals surface area contributed by atoms with Crippen molar-refractivity contribution in [1.82, 2.24) is 19.6 Å². The van der Waals surface area contributed by atoms with Crippen molar-refractivity contribution in [2.24, 2.45) is 7.05 Å². The van der Waals surface area contributed by atoms with Crippen molar-refractivity contribution in [3.63, 3.8) is 0 Å². The van der Waals surface area contributed by atoms with Crippen LogP contribution in [0.3, 0.4) is 0 Å². The summed E-state index contributed by atoms with van der Waals surface area (Å²) in [6.07, 6.45) is 1.67. The third kappa shape index (κ3) is 3.54. The molecule has 0 spiro atoms. The lowest BCUT2D eigenvalue weighted by Gasteiger charge is -2.38. The fraction of sp³-hybridized carbons (Fsp3) is 0.474. The molecule has 1 aromatic heterocycles. The van der Waals surface area contributed by atoms with E-state index in [0.717, 1.165) is 37.6 Å². The molecule has 3 rings (SSSR count). The molecule has 134 valence electrons. The molecule has 0 bridgehead atoms. The average Bonchev–Trinajstić information content (AvgIpc) is 2.99. The Bertz CT molecular complexity index is 748. The quantitative estimate of drug-likeness (QED) is 0.855. The second kappa shape index (κ2) is 7.27. The van der Waals surface area contributed by atoms with E-state index in [2.05, 4.69) is 29.1 Å². The minimum absolute atomic E-state index is 0.0827. The van der Waals surface area contributed by atoms with Crippen molar-refractivity contribution in [1.29, 1.82) is 0 Å². The minimum Gasteiger partial charge on any atom is -0.497 e. The predicted molar refractivity (Wildman–Crippen MR) is 96.8 cm³/mol. The number of nitrogens with zero attached hydrogens (tertiary/aromatic N) is 4. The van der Waals surface area contributed by atoms with E-state index in [9.17, 15) is 4.79 Å². The Morgan fingerprint density at radius 3 is 2.56 bits per heavy atom. The van der Waals surface area contributed by atoms with Gasteiger partial charge < -0.3 is 9.64 Å². The van der Waals surface area contributed by atoms with Crippen LogP contribution in [0, 0.1) is 6.92 Å². The number of carbonyl (C=O) groups excluding carboxylic acids is 1. The number of hydrogen-bond donors (Lipinski definition) is 0. The fourth-order valence-corrected chi connectivity index (χ4v) is 3.30. The minimum atomic E-state index is 0.0827. The third-order valence-electron chi connectivity index (χ3n) is 5.19. The van der Waals surface area contributed by atoms with Gasteiger partial charge in [0.05, 0.1) is 18.9 Å². The van der Waals surface area contributed by atoms with Gasteiger partial charge in [-0.1, -0.05) is 12.1 Å². The largest absolute Gasteiger partial charge is 0.497 e. The van der Waals surface area contributed by atoms with Gasteiger partial charge in [0.15, 0.2) is 0 Å². The van der Waals surface area contributed by atoms with Gasteiger partial charge >= 0.3 is 0 Å². The van der Waals surface area contributed by atoms with E-state index >= 15 is 0 Å². The highest BCUT2D eigenvalue weighted by Crippen LogP contribution is 2.25. The number of ether oxygens (including phenoxy) is 1. The molecule has 1 unspecified atom stereocenters. The zero-order chi connectivity index (χ0) is 18.0. The van der Waals surface area contributed by atoms with Crippen LogP contribution in [0.4, 0.5) is 0 Å². The average molecular weight is 342 g/mol. The van der Waals surface area contributed by atoms with Gasteiger partial charge in [0.2, 0.25) is 0 Å². The lowest BCUT2D eigenvalue weighted by molar-refractivity contribution is 0.0581. The van der Waals surface area contributed by atoms with E-state index < -0.39 is 0 Å². The number of aromatic nitrogens is 2. The van der Waals surface area contributed by atoms with Crippen LogP contribution in [0.2, 0.25) is 0 Å². The van der Waals surface area contributed by atoms with Gasteiger partial charge in [0.1, 0.15) is 5.75 Å². The zero-order valence-electron chi connectivity index (χ0n) is 15.4. The van der Waals surface area contributed by atoms with Crippen LogP contribution < -0.4 is 4.74 Å². The van der Waals surface area contributed by atoms with Crippen LogP contribution >= 0.6 is 0 Å². The highest BCUT2D eigenvalue weighted by molar-refractivity contribution is 5.95. The van der Waals surface area contributed by atoms with Gasteiger partial charge in [-0.25, -0.2) is 0 Å². The van der Waals surface area contributed by atoms with Crippen LogP contribution in [0.15, 0.2) is 30.5 Å². The summed E-state index contributed by atoms with van der Waals surface area (Å²) < 4.78 is 7.07. The van der Waals surface area contributed by atoms with Gasteiger partial charge in [-0.3, -0.25) is 14.4 Å². The molecule has 0 radical (unpaired) electrons. The van der Waals surface area contributed by atoms with E-state index in [1.165, 1.54) is 5.56 Å². The Morgan fingerprint density at radius 1 is 1.24 bits per heavy atom. The molecule has 6 heteroatoms. The Balaban J connectivity index is 1.63. The highest BCUT2D eigenvalue weighted by Gasteiger charge is 2.27. The second-order valence-electron chi connectivity index (χ2n) is 6.55. The summed E-state index contributed by atoms with van der Waals surface area (Å²) in [6, 6.07) is 8.50. The van der Waals surface area contributed by atoms with Gasteiger partial charge in [-0.15, -0.1) is 0 Å². The summed E-state index contributed by atoms with van der Waals surface area (Å²) in [7, 11) is 3.55. The Labute approximate surface area is 149 Å². The number of aryl methyl sites for hydroxylation is 1. The Morgan fingerprint density at radius 2 is 1.96 bits per heavy atom. The first-order valence-corrected chi connectivity index (χ1v) is 8.67. The summed E-state index contributed by atoms with van der Waals surface area (Å²) in [5, 5.41) is 4.18. The number of hydrogen-bond acceptors (Lipinski definition) is 4. The highest BCUT2D eigenvalue weighted by atomic mass is 16.5. The molecular weight excluding hydrogens is 316 g/mol. The summed E-state index contributed by atoms with van der Waals surface area (Å²) in [4.78, 5) is 17.0. The third-order valence-corrected chi connectivity index (χ3v) is 5.19. The molecule has 1 aliphatic rings. The number of carbonyl (C=O) groups is 1. The van der Waals surface area contributed by atoms with Gasteiger partial charge in [-0.2, -0.15) is 5.10 Å². The number of methoxy groups -OCH3 is 1. The number of amides is 1. The second-order valence-corrected chi connectivity index (χ2v) is 6.55. The van der Waals surface area contributed by atoms with Gasteiger partial charge in [0.25, 0.3) is 5.91 Å². The molecular formula is C19H26N4O2. The normalized spacial score (nSPS) is 16.7. The van der Waals surface area contributed by atoms with Crippen molar-refractivity contribution in [3.8, 4) is 5.75 Å². The van der Waals surface area contributed by atoms with Crippen molar-refractivity contribution >= 4 is 5.91 Å². The van der Waals surface area contributed by atoms with Crippen molar-refractivity contribution in [2.45, 2.75) is 19.9 Å². The lowest BCUT2D eigenvalue weighted by atomic mass is 10.1. The Hall–Kier alpha value is -2.34. The zero-order valence-corrected chi connectivity index (χ0v) is 15.4. The smallest absolute Gasteiger partial charge is 0.257 e. The predicted octanol–water partition coefficient (Wildman–Crippen LogP) is 2.26. The van der Waals surface area contributed by atoms with E-state index in [4.69, 9.17) is 4.74 Å². The molecule has 0 saturated carbocycles. The molecule has 0 aliphatic carbocycles. The molecule has 1 amide bonds. The van der Waals surface area contributed by atoms with Crippen LogP contribution in [-0.2, 0) is 7.05 Å². The SMILES string of the molecule is COc1cccc(C(C)N2CCN(C(=O)c3cnn(C)c3C)CC2)c1. The number of piperazine rings is 1. The van der Waals surface area contributed by atoms with Gasteiger partial charge in [-0.05, 0) is 31.5 Å². The molecule has 1 atom stereocenters. The maximum atomic E-state index is 12.7. The monoisotopic (exact) mass is 342 g/mol. The van der Waals surface area contributed by atoms with Crippen LogP contribution in [0.25, 0.3) is 0 Å². The molecule has 2 aromatic rings. The molecule has 1 aliphatic heterocycles. The number of benzene rings is 1. The van der Waals surface area contributed by atoms with E-state index in [0.29, 0.717) is 11.6 Å². The van der Waals surface area contributed by atoms with Crippen LogP contribution in [0.1, 0.15) is 34.6 Å². The number of rotatable bonds is 4.